The van der Waals surface area contributed by atoms with Gasteiger partial charge in [-0.1, -0.05) is 351 Å². The Morgan fingerprint density at radius 2 is 0.470 bits per heavy atom. The molecule has 0 aromatic carbocycles. The van der Waals surface area contributed by atoms with Gasteiger partial charge in [-0.15, -0.1) is 0 Å². The molecule has 0 aromatic heterocycles. The van der Waals surface area contributed by atoms with Crippen molar-refractivity contribution in [1.82, 2.24) is 0 Å². The third kappa shape index (κ3) is 69.8. The van der Waals surface area contributed by atoms with Crippen molar-refractivity contribution < 1.29 is 28.6 Å². The summed E-state index contributed by atoms with van der Waals surface area (Å²) in [5, 5.41) is 0. The van der Waals surface area contributed by atoms with Crippen LogP contribution in [0.4, 0.5) is 0 Å². The highest BCUT2D eigenvalue weighted by Gasteiger charge is 2.19. The van der Waals surface area contributed by atoms with Crippen molar-refractivity contribution in [3.05, 3.63) is 60.8 Å². The maximum absolute atomic E-state index is 13.0. The van der Waals surface area contributed by atoms with E-state index in [1.807, 2.05) is 0 Å². The smallest absolute Gasteiger partial charge is 0.306 e. The second-order valence-electron chi connectivity index (χ2n) is 24.8. The molecule has 0 aliphatic heterocycles. The summed E-state index contributed by atoms with van der Waals surface area (Å²) >= 11 is 0. The average molecular weight is 1160 g/mol. The summed E-state index contributed by atoms with van der Waals surface area (Å²) in [4.78, 5) is 38.4. The predicted molar refractivity (Wildman–Crippen MR) is 362 cm³/mol. The van der Waals surface area contributed by atoms with Gasteiger partial charge in [0.25, 0.3) is 0 Å². The quantitative estimate of drug-likeness (QED) is 0.0261. The molecule has 0 rings (SSSR count). The minimum absolute atomic E-state index is 0.0807. The van der Waals surface area contributed by atoms with Crippen molar-refractivity contribution in [1.29, 1.82) is 0 Å². The molecule has 6 nitrogen and oxygen atoms in total. The van der Waals surface area contributed by atoms with Crippen molar-refractivity contribution in [2.45, 2.75) is 399 Å². The van der Waals surface area contributed by atoms with E-state index >= 15 is 0 Å². The van der Waals surface area contributed by atoms with Crippen molar-refractivity contribution in [3.8, 4) is 0 Å². The van der Waals surface area contributed by atoms with Crippen molar-refractivity contribution in [2.75, 3.05) is 13.2 Å². The van der Waals surface area contributed by atoms with E-state index in [-0.39, 0.29) is 31.1 Å². The summed E-state index contributed by atoms with van der Waals surface area (Å²) in [6.45, 7) is 6.56. The monoisotopic (exact) mass is 1160 g/mol. The Kier molecular flexibility index (Phi) is 69.1. The van der Waals surface area contributed by atoms with Crippen molar-refractivity contribution >= 4 is 17.9 Å². The zero-order chi connectivity index (χ0) is 59.9. The van der Waals surface area contributed by atoms with Gasteiger partial charge in [0.05, 0.1) is 0 Å². The summed E-state index contributed by atoms with van der Waals surface area (Å²) in [7, 11) is 0. The summed E-state index contributed by atoms with van der Waals surface area (Å²) in [6.07, 6.45) is 92.8. The van der Waals surface area contributed by atoms with Gasteiger partial charge in [-0.3, -0.25) is 14.4 Å². The molecule has 0 N–H and O–H groups in total. The summed E-state index contributed by atoms with van der Waals surface area (Å²) in [5.74, 6) is -0.890. The zero-order valence-corrected chi connectivity index (χ0v) is 55.7. The number of carbonyl (C=O) groups excluding carboxylic acids is 3. The highest BCUT2D eigenvalue weighted by molar-refractivity contribution is 5.71. The Balaban J connectivity index is 4.20. The second kappa shape index (κ2) is 71.6. The SMILES string of the molecule is CC/C=C\C/C=C\C/C=C\CCCCCC(=O)OCC(COC(=O)CCCCCCCCCCCCCCCCCCCCCCCCCCCCCCC)OC(=O)CCCCCCCCCCCCC/C=C\C/C=C\CCCCCCC. The Hall–Kier alpha value is -2.89. The number of hydrogen-bond donors (Lipinski definition) is 0. The molecule has 0 saturated heterocycles. The second-order valence-corrected chi connectivity index (χ2v) is 24.8. The third-order valence-corrected chi connectivity index (χ3v) is 16.5. The van der Waals surface area contributed by atoms with Crippen LogP contribution in [0.3, 0.4) is 0 Å². The van der Waals surface area contributed by atoms with Crippen LogP contribution in [-0.2, 0) is 28.6 Å². The highest BCUT2D eigenvalue weighted by atomic mass is 16.6. The van der Waals surface area contributed by atoms with E-state index in [2.05, 4.69) is 81.5 Å². The number of hydrogen-bond acceptors (Lipinski definition) is 6. The molecular weight excluding hydrogens is 1020 g/mol. The average Bonchev–Trinajstić information content (AvgIpc) is 3.49. The summed E-state index contributed by atoms with van der Waals surface area (Å²) in [6, 6.07) is 0. The van der Waals surface area contributed by atoms with Crippen LogP contribution in [0.25, 0.3) is 0 Å². The van der Waals surface area contributed by atoms with E-state index in [1.54, 1.807) is 0 Å². The minimum atomic E-state index is -0.788. The van der Waals surface area contributed by atoms with Gasteiger partial charge in [-0.2, -0.15) is 0 Å². The van der Waals surface area contributed by atoms with Crippen LogP contribution in [0, 0.1) is 0 Å². The Labute approximate surface area is 517 Å². The van der Waals surface area contributed by atoms with Gasteiger partial charge in [0.2, 0.25) is 0 Å². The predicted octanol–water partition coefficient (Wildman–Crippen LogP) is 25.5. The van der Waals surface area contributed by atoms with Crippen LogP contribution < -0.4 is 0 Å². The standard InChI is InChI=1S/C77H140O6/c1-4-7-10-13-16-19-22-25-27-29-31-33-35-36-37-38-39-40-42-43-45-47-49-52-55-58-61-64-67-70-76(79)82-73-74(72-81-75(78)69-66-63-60-57-54-51-24-21-18-15-12-9-6-3)83-77(80)71-68-65-62-59-56-53-50-48-46-44-41-34-32-30-28-26-23-20-17-14-11-8-5-2/h9,12,18,21,23,26,30,32,51,54,74H,4-8,10-11,13-17,19-20,22,24-25,27-29,31,33-50,52-53,55-73H2,1-3H3/b12-9-,21-18-,26-23-,32-30-,54-51-. The lowest BCUT2D eigenvalue weighted by molar-refractivity contribution is -0.167. The van der Waals surface area contributed by atoms with E-state index in [0.29, 0.717) is 19.3 Å². The van der Waals surface area contributed by atoms with Gasteiger partial charge in [0, 0.05) is 19.3 Å². The fourth-order valence-corrected chi connectivity index (χ4v) is 11.0. The van der Waals surface area contributed by atoms with Crippen LogP contribution >= 0.6 is 0 Å². The Morgan fingerprint density at radius 3 is 0.747 bits per heavy atom. The molecule has 0 amide bonds. The van der Waals surface area contributed by atoms with Crippen LogP contribution in [0.15, 0.2) is 60.8 Å². The first kappa shape index (κ1) is 80.1. The first-order valence-corrected chi connectivity index (χ1v) is 36.8. The number of carbonyl (C=O) groups is 3. The van der Waals surface area contributed by atoms with Crippen LogP contribution in [0.5, 0.6) is 0 Å². The lowest BCUT2D eigenvalue weighted by Gasteiger charge is -2.18. The minimum Gasteiger partial charge on any atom is -0.462 e. The van der Waals surface area contributed by atoms with Gasteiger partial charge < -0.3 is 14.2 Å². The topological polar surface area (TPSA) is 78.9 Å². The molecule has 1 unspecified atom stereocenters. The molecule has 6 heteroatoms. The summed E-state index contributed by atoms with van der Waals surface area (Å²) < 4.78 is 17.0. The summed E-state index contributed by atoms with van der Waals surface area (Å²) in [5.41, 5.74) is 0. The number of allylic oxidation sites excluding steroid dienone is 10. The highest BCUT2D eigenvalue weighted by Crippen LogP contribution is 2.19. The molecule has 0 fully saturated rings. The molecular formula is C77H140O6. The lowest BCUT2D eigenvalue weighted by atomic mass is 10.0. The molecule has 0 bridgehead atoms. The molecule has 0 saturated carbocycles. The Morgan fingerprint density at radius 1 is 0.253 bits per heavy atom. The van der Waals surface area contributed by atoms with E-state index in [9.17, 15) is 14.4 Å². The van der Waals surface area contributed by atoms with Crippen LogP contribution in [0.1, 0.15) is 393 Å². The van der Waals surface area contributed by atoms with Crippen LogP contribution in [-0.4, -0.2) is 37.2 Å². The molecule has 83 heavy (non-hydrogen) atoms. The third-order valence-electron chi connectivity index (χ3n) is 16.5. The van der Waals surface area contributed by atoms with E-state index in [0.717, 1.165) is 89.9 Å². The molecule has 0 spiro atoms. The normalized spacial score (nSPS) is 12.4. The van der Waals surface area contributed by atoms with E-state index in [1.165, 1.54) is 263 Å². The molecule has 484 valence electrons. The van der Waals surface area contributed by atoms with Gasteiger partial charge in [0.15, 0.2) is 6.10 Å². The number of ether oxygens (including phenoxy) is 3. The molecule has 0 radical (unpaired) electrons. The first-order chi connectivity index (χ1) is 41.0. The molecule has 0 aliphatic carbocycles. The van der Waals surface area contributed by atoms with Crippen molar-refractivity contribution in [3.63, 3.8) is 0 Å². The largest absolute Gasteiger partial charge is 0.462 e. The number of esters is 3. The molecule has 0 heterocycles. The number of rotatable bonds is 68. The van der Waals surface area contributed by atoms with Crippen LogP contribution in [0.2, 0.25) is 0 Å². The van der Waals surface area contributed by atoms with Gasteiger partial charge in [-0.25, -0.2) is 0 Å². The maximum Gasteiger partial charge on any atom is 0.306 e. The van der Waals surface area contributed by atoms with Crippen molar-refractivity contribution in [2.24, 2.45) is 0 Å². The fourth-order valence-electron chi connectivity index (χ4n) is 11.0. The lowest BCUT2D eigenvalue weighted by Crippen LogP contribution is -2.30. The first-order valence-electron chi connectivity index (χ1n) is 36.8. The van der Waals surface area contributed by atoms with Gasteiger partial charge in [0.1, 0.15) is 13.2 Å². The molecule has 0 aliphatic rings. The van der Waals surface area contributed by atoms with E-state index < -0.39 is 6.10 Å². The van der Waals surface area contributed by atoms with E-state index in [4.69, 9.17) is 14.2 Å². The number of unbranched alkanes of at least 4 members (excludes halogenated alkanes) is 47. The van der Waals surface area contributed by atoms with Gasteiger partial charge in [-0.05, 0) is 83.5 Å². The zero-order valence-electron chi connectivity index (χ0n) is 55.7. The maximum atomic E-state index is 13.0. The Bertz CT molecular complexity index is 1470. The fraction of sp³-hybridized carbons (Fsp3) is 0.831. The van der Waals surface area contributed by atoms with Gasteiger partial charge >= 0.3 is 17.9 Å². The molecule has 1 atom stereocenters. The molecule has 0 aromatic rings.